The number of sulfone groups is 1. The van der Waals surface area contributed by atoms with Gasteiger partial charge in [0.2, 0.25) is 5.91 Å². The van der Waals surface area contributed by atoms with E-state index in [0.717, 1.165) is 23.2 Å². The van der Waals surface area contributed by atoms with Gasteiger partial charge in [-0.3, -0.25) is 9.69 Å². The standard InChI is InChI=1S/C20H24N2O3S2/c1-14-5-6-16(10-15(14)2)22-19-13-27(24,25)12-18(19)21(11-20(22)23)8-7-17-4-3-9-26-17/h3-6,9-10,18-19H,7-8,11-13H2,1-2H3. The van der Waals surface area contributed by atoms with Gasteiger partial charge in [-0.2, -0.15) is 0 Å². The van der Waals surface area contributed by atoms with Crippen molar-refractivity contribution in [2.75, 3.05) is 29.5 Å². The predicted molar refractivity (Wildman–Crippen MR) is 109 cm³/mol. The Hall–Kier alpha value is -1.70. The zero-order chi connectivity index (χ0) is 19.2. The molecular formula is C20H24N2O3S2. The van der Waals surface area contributed by atoms with Crippen molar-refractivity contribution in [2.24, 2.45) is 0 Å². The maximum atomic E-state index is 13.0. The molecule has 7 heteroatoms. The summed E-state index contributed by atoms with van der Waals surface area (Å²) in [6.45, 7) is 5.04. The molecule has 2 atom stereocenters. The molecule has 0 spiro atoms. The van der Waals surface area contributed by atoms with E-state index in [0.29, 0.717) is 6.54 Å². The van der Waals surface area contributed by atoms with Crippen molar-refractivity contribution in [1.29, 1.82) is 0 Å². The van der Waals surface area contributed by atoms with Crippen LogP contribution in [-0.4, -0.2) is 55.9 Å². The van der Waals surface area contributed by atoms with Crippen LogP contribution in [0.1, 0.15) is 16.0 Å². The maximum absolute atomic E-state index is 13.0. The third kappa shape index (κ3) is 3.68. The lowest BCUT2D eigenvalue weighted by atomic mass is 10.0. The van der Waals surface area contributed by atoms with Crippen molar-refractivity contribution in [2.45, 2.75) is 32.4 Å². The summed E-state index contributed by atoms with van der Waals surface area (Å²) in [6.07, 6.45) is 0.845. The predicted octanol–water partition coefficient (Wildman–Crippen LogP) is 2.42. The van der Waals surface area contributed by atoms with E-state index in [4.69, 9.17) is 0 Å². The maximum Gasteiger partial charge on any atom is 0.241 e. The third-order valence-corrected chi connectivity index (χ3v) is 8.33. The van der Waals surface area contributed by atoms with Gasteiger partial charge in [0, 0.05) is 23.2 Å². The van der Waals surface area contributed by atoms with Gasteiger partial charge in [0.15, 0.2) is 9.84 Å². The van der Waals surface area contributed by atoms with E-state index in [1.165, 1.54) is 4.88 Å². The van der Waals surface area contributed by atoms with Crippen LogP contribution in [0.5, 0.6) is 0 Å². The number of carbonyl (C=O) groups excluding carboxylic acids is 1. The largest absolute Gasteiger partial charge is 0.306 e. The Bertz CT molecular complexity index is 954. The quantitative estimate of drug-likeness (QED) is 0.785. The second-order valence-corrected chi connectivity index (χ2v) is 10.7. The molecule has 2 aliphatic rings. The van der Waals surface area contributed by atoms with Gasteiger partial charge in [0.25, 0.3) is 0 Å². The Kier molecular flexibility index (Phi) is 4.86. The highest BCUT2D eigenvalue weighted by Gasteiger charge is 2.49. The van der Waals surface area contributed by atoms with E-state index >= 15 is 0 Å². The van der Waals surface area contributed by atoms with Crippen molar-refractivity contribution in [3.63, 3.8) is 0 Å². The van der Waals surface area contributed by atoms with Crippen LogP contribution < -0.4 is 4.90 Å². The van der Waals surface area contributed by atoms with E-state index in [1.54, 1.807) is 16.2 Å². The lowest BCUT2D eigenvalue weighted by Crippen LogP contribution is -2.62. The minimum atomic E-state index is -3.15. The molecule has 1 amide bonds. The molecule has 1 aromatic carbocycles. The average molecular weight is 405 g/mol. The van der Waals surface area contributed by atoms with E-state index in [-0.39, 0.29) is 36.0 Å². The van der Waals surface area contributed by atoms with Gasteiger partial charge in [-0.15, -0.1) is 11.3 Å². The highest BCUT2D eigenvalue weighted by Crippen LogP contribution is 2.32. The van der Waals surface area contributed by atoms with Crippen LogP contribution in [0.15, 0.2) is 35.7 Å². The minimum Gasteiger partial charge on any atom is -0.306 e. The molecule has 3 heterocycles. The first-order valence-electron chi connectivity index (χ1n) is 9.20. The van der Waals surface area contributed by atoms with Gasteiger partial charge in [-0.25, -0.2) is 8.42 Å². The molecule has 2 aromatic rings. The zero-order valence-corrected chi connectivity index (χ0v) is 17.2. The summed E-state index contributed by atoms with van der Waals surface area (Å²) in [4.78, 5) is 18.1. The smallest absolute Gasteiger partial charge is 0.241 e. The number of benzene rings is 1. The highest BCUT2D eigenvalue weighted by atomic mass is 32.2. The number of piperazine rings is 1. The molecule has 0 radical (unpaired) electrons. The monoisotopic (exact) mass is 404 g/mol. The summed E-state index contributed by atoms with van der Waals surface area (Å²) in [5, 5.41) is 2.04. The molecule has 2 fully saturated rings. The average Bonchev–Trinajstić information content (AvgIpc) is 3.22. The van der Waals surface area contributed by atoms with Crippen LogP contribution in [0.25, 0.3) is 0 Å². The van der Waals surface area contributed by atoms with Gasteiger partial charge in [-0.05, 0) is 55.0 Å². The van der Waals surface area contributed by atoms with E-state index in [9.17, 15) is 13.2 Å². The van der Waals surface area contributed by atoms with Crippen LogP contribution in [0.4, 0.5) is 5.69 Å². The summed E-state index contributed by atoms with van der Waals surface area (Å²) < 4.78 is 24.8. The molecular weight excluding hydrogens is 380 g/mol. The van der Waals surface area contributed by atoms with Gasteiger partial charge in [0.05, 0.1) is 24.1 Å². The number of carbonyl (C=O) groups is 1. The molecule has 4 rings (SSSR count). The lowest BCUT2D eigenvalue weighted by molar-refractivity contribution is -0.123. The first-order chi connectivity index (χ1) is 12.8. The molecule has 2 unspecified atom stereocenters. The number of hydrogen-bond donors (Lipinski definition) is 0. The molecule has 2 saturated heterocycles. The number of nitrogens with zero attached hydrogens (tertiary/aromatic N) is 2. The van der Waals surface area contributed by atoms with Gasteiger partial charge in [0.1, 0.15) is 0 Å². The van der Waals surface area contributed by atoms with Crippen LogP contribution in [0, 0.1) is 13.8 Å². The number of rotatable bonds is 4. The third-order valence-electron chi connectivity index (χ3n) is 5.70. The Morgan fingerprint density at radius 2 is 1.89 bits per heavy atom. The lowest BCUT2D eigenvalue weighted by Gasteiger charge is -2.43. The van der Waals surface area contributed by atoms with Crippen molar-refractivity contribution in [3.8, 4) is 0 Å². The Morgan fingerprint density at radius 3 is 2.59 bits per heavy atom. The molecule has 0 N–H and O–H groups in total. The molecule has 0 bridgehead atoms. The zero-order valence-electron chi connectivity index (χ0n) is 15.6. The van der Waals surface area contributed by atoms with Crippen LogP contribution in [0.3, 0.4) is 0 Å². The first kappa shape index (κ1) is 18.7. The second kappa shape index (κ2) is 7.04. The van der Waals surface area contributed by atoms with Gasteiger partial charge >= 0.3 is 0 Å². The molecule has 0 saturated carbocycles. The SMILES string of the molecule is Cc1ccc(N2C(=O)CN(CCc3cccs3)C3CS(=O)(=O)CC32)cc1C. The number of thiophene rings is 1. The van der Waals surface area contributed by atoms with Crippen molar-refractivity contribution >= 4 is 32.8 Å². The van der Waals surface area contributed by atoms with E-state index < -0.39 is 9.84 Å². The normalized spacial score (nSPS) is 25.0. The Balaban J connectivity index is 1.62. The minimum absolute atomic E-state index is 0.0113. The Labute approximate surface area is 164 Å². The summed E-state index contributed by atoms with van der Waals surface area (Å²) in [5.74, 6) is 0.172. The van der Waals surface area contributed by atoms with Gasteiger partial charge in [-0.1, -0.05) is 12.1 Å². The first-order valence-corrected chi connectivity index (χ1v) is 11.9. The molecule has 2 aliphatic heterocycles. The van der Waals surface area contributed by atoms with Crippen molar-refractivity contribution in [3.05, 3.63) is 51.7 Å². The summed E-state index contributed by atoms with van der Waals surface area (Å²) in [6, 6.07) is 9.60. The summed E-state index contributed by atoms with van der Waals surface area (Å²) >= 11 is 1.70. The van der Waals surface area contributed by atoms with E-state index in [1.807, 2.05) is 43.5 Å². The molecule has 1 aromatic heterocycles. The second-order valence-electron chi connectivity index (χ2n) is 7.54. The fourth-order valence-corrected chi connectivity index (χ4v) is 6.80. The number of amides is 1. The van der Waals surface area contributed by atoms with Crippen LogP contribution in [0.2, 0.25) is 0 Å². The number of aryl methyl sites for hydroxylation is 2. The topological polar surface area (TPSA) is 57.7 Å². The molecule has 5 nitrogen and oxygen atoms in total. The Morgan fingerprint density at radius 1 is 1.11 bits per heavy atom. The number of fused-ring (bicyclic) bond motifs is 1. The van der Waals surface area contributed by atoms with Crippen LogP contribution >= 0.6 is 11.3 Å². The fraction of sp³-hybridized carbons (Fsp3) is 0.450. The number of hydrogen-bond acceptors (Lipinski definition) is 5. The van der Waals surface area contributed by atoms with Crippen LogP contribution in [-0.2, 0) is 21.1 Å². The van der Waals surface area contributed by atoms with Crippen molar-refractivity contribution in [1.82, 2.24) is 4.90 Å². The summed E-state index contributed by atoms with van der Waals surface area (Å²) in [5.41, 5.74) is 3.09. The van der Waals surface area contributed by atoms with Gasteiger partial charge < -0.3 is 4.90 Å². The molecule has 0 aliphatic carbocycles. The fourth-order valence-electron chi connectivity index (χ4n) is 4.12. The van der Waals surface area contributed by atoms with Crippen molar-refractivity contribution < 1.29 is 13.2 Å². The van der Waals surface area contributed by atoms with E-state index in [2.05, 4.69) is 11.0 Å². The molecule has 27 heavy (non-hydrogen) atoms. The number of anilines is 1. The summed E-state index contributed by atoms with van der Waals surface area (Å²) in [7, 11) is -3.15. The highest BCUT2D eigenvalue weighted by molar-refractivity contribution is 7.91. The molecule has 144 valence electrons.